The third-order valence-corrected chi connectivity index (χ3v) is 4.93. The minimum Gasteiger partial charge on any atom is -0.497 e. The highest BCUT2D eigenvalue weighted by Gasteiger charge is 2.22. The van der Waals surface area contributed by atoms with E-state index in [9.17, 15) is 4.79 Å². The van der Waals surface area contributed by atoms with Crippen molar-refractivity contribution in [3.8, 4) is 11.5 Å². The number of thiol groups is 1. The molecule has 0 atom stereocenters. The molecule has 0 unspecified atom stereocenters. The number of hydrogen-bond acceptors (Lipinski definition) is 3. The molecule has 2 rings (SSSR count). The van der Waals surface area contributed by atoms with Crippen molar-refractivity contribution in [3.63, 3.8) is 0 Å². The summed E-state index contributed by atoms with van der Waals surface area (Å²) in [6.45, 7) is 6.27. The highest BCUT2D eigenvalue weighted by molar-refractivity contribution is 8.22. The molecule has 1 aromatic rings. The topological polar surface area (TPSA) is 35.5 Å². The van der Waals surface area contributed by atoms with E-state index in [1.54, 1.807) is 7.11 Å². The minimum absolute atomic E-state index is 0.122. The molecule has 1 aliphatic heterocycles. The predicted octanol–water partition coefficient (Wildman–Crippen LogP) is 3.94. The number of carbonyl (C=O) groups excluding carboxylic acids is 1. The normalized spacial score (nSPS) is 15.3. The van der Waals surface area contributed by atoms with Gasteiger partial charge in [-0.05, 0) is 34.4 Å². The Hall–Kier alpha value is -1.68. The van der Waals surface area contributed by atoms with Crippen molar-refractivity contribution >= 4 is 16.9 Å². The SMILES string of the molecule is COc1ccc(OC(=O)C[SH]2C=CC=C2)c(C(C)(C)C)c1. The van der Waals surface area contributed by atoms with E-state index in [0.29, 0.717) is 11.5 Å². The van der Waals surface area contributed by atoms with E-state index < -0.39 is 10.9 Å². The summed E-state index contributed by atoms with van der Waals surface area (Å²) in [4.78, 5) is 12.1. The zero-order valence-electron chi connectivity index (χ0n) is 12.9. The van der Waals surface area contributed by atoms with Gasteiger partial charge in [0, 0.05) is 5.56 Å². The summed E-state index contributed by atoms with van der Waals surface area (Å²) in [6, 6.07) is 5.56. The molecule has 3 nitrogen and oxygen atoms in total. The zero-order valence-corrected chi connectivity index (χ0v) is 13.8. The van der Waals surface area contributed by atoms with Crippen LogP contribution in [0.5, 0.6) is 11.5 Å². The molecular formula is C17H22O3S. The van der Waals surface area contributed by atoms with Gasteiger partial charge in [0.15, 0.2) is 0 Å². The van der Waals surface area contributed by atoms with Crippen LogP contribution in [0.3, 0.4) is 0 Å². The highest BCUT2D eigenvalue weighted by Crippen LogP contribution is 2.36. The van der Waals surface area contributed by atoms with Crippen molar-refractivity contribution in [2.75, 3.05) is 12.9 Å². The van der Waals surface area contributed by atoms with Crippen molar-refractivity contribution in [2.24, 2.45) is 0 Å². The maximum atomic E-state index is 12.1. The van der Waals surface area contributed by atoms with Gasteiger partial charge >= 0.3 is 5.97 Å². The van der Waals surface area contributed by atoms with Gasteiger partial charge in [-0.2, -0.15) is 0 Å². The van der Waals surface area contributed by atoms with Crippen LogP contribution >= 0.6 is 10.9 Å². The van der Waals surface area contributed by atoms with Gasteiger partial charge in [0.05, 0.1) is 12.9 Å². The first-order chi connectivity index (χ1) is 9.90. The predicted molar refractivity (Wildman–Crippen MR) is 89.5 cm³/mol. The first-order valence-corrected chi connectivity index (χ1v) is 8.56. The quantitative estimate of drug-likeness (QED) is 0.520. The van der Waals surface area contributed by atoms with E-state index in [2.05, 4.69) is 31.6 Å². The second-order valence-electron chi connectivity index (χ2n) is 5.94. The van der Waals surface area contributed by atoms with Crippen molar-refractivity contribution in [2.45, 2.75) is 26.2 Å². The second kappa shape index (κ2) is 6.39. The molecular weight excluding hydrogens is 284 g/mol. The smallest absolute Gasteiger partial charge is 0.320 e. The Bertz CT molecular complexity index is 570. The molecule has 0 fully saturated rings. The van der Waals surface area contributed by atoms with Gasteiger partial charge < -0.3 is 9.47 Å². The lowest BCUT2D eigenvalue weighted by Crippen LogP contribution is -2.18. The Labute approximate surface area is 129 Å². The third kappa shape index (κ3) is 4.14. The molecule has 1 aromatic carbocycles. The number of esters is 1. The molecule has 0 radical (unpaired) electrons. The Morgan fingerprint density at radius 2 is 1.86 bits per heavy atom. The average molecular weight is 306 g/mol. The molecule has 0 saturated heterocycles. The number of allylic oxidation sites excluding steroid dienone is 2. The molecule has 0 saturated carbocycles. The molecule has 1 heterocycles. The average Bonchev–Trinajstić information content (AvgIpc) is 2.90. The van der Waals surface area contributed by atoms with Gasteiger partial charge in [0.1, 0.15) is 11.5 Å². The van der Waals surface area contributed by atoms with Crippen molar-refractivity contribution in [1.82, 2.24) is 0 Å². The lowest BCUT2D eigenvalue weighted by Gasteiger charge is -2.23. The van der Waals surface area contributed by atoms with Crippen LogP contribution in [0.15, 0.2) is 41.2 Å². The summed E-state index contributed by atoms with van der Waals surface area (Å²) in [5.74, 6) is 1.63. The van der Waals surface area contributed by atoms with Crippen molar-refractivity contribution < 1.29 is 14.3 Å². The van der Waals surface area contributed by atoms with Gasteiger partial charge in [-0.15, -0.1) is 0 Å². The van der Waals surface area contributed by atoms with E-state index in [1.165, 1.54) is 0 Å². The molecule has 0 aromatic heterocycles. The van der Waals surface area contributed by atoms with Gasteiger partial charge in [0.25, 0.3) is 0 Å². The number of benzene rings is 1. The van der Waals surface area contributed by atoms with Crippen LogP contribution in [0.25, 0.3) is 0 Å². The van der Waals surface area contributed by atoms with Crippen molar-refractivity contribution in [1.29, 1.82) is 0 Å². The van der Waals surface area contributed by atoms with Crippen LogP contribution in [0.4, 0.5) is 0 Å². The maximum Gasteiger partial charge on any atom is 0.320 e. The summed E-state index contributed by atoms with van der Waals surface area (Å²) in [7, 11) is 1.15. The minimum atomic E-state index is -0.488. The lowest BCUT2D eigenvalue weighted by atomic mass is 9.86. The second-order valence-corrected chi connectivity index (χ2v) is 7.88. The monoisotopic (exact) mass is 306 g/mol. The van der Waals surface area contributed by atoms with Gasteiger partial charge in [-0.1, -0.05) is 32.9 Å². The van der Waals surface area contributed by atoms with E-state index in [4.69, 9.17) is 9.47 Å². The summed E-state index contributed by atoms with van der Waals surface area (Å²) >= 11 is 0. The van der Waals surface area contributed by atoms with Gasteiger partial charge in [-0.25, -0.2) is 10.9 Å². The molecule has 4 heteroatoms. The number of ether oxygens (including phenoxy) is 2. The van der Waals surface area contributed by atoms with Crippen molar-refractivity contribution in [3.05, 3.63) is 46.7 Å². The Balaban J connectivity index is 2.16. The molecule has 1 aliphatic rings. The first-order valence-electron chi connectivity index (χ1n) is 6.90. The maximum absolute atomic E-state index is 12.1. The zero-order chi connectivity index (χ0) is 15.5. The highest BCUT2D eigenvalue weighted by atomic mass is 32.2. The summed E-state index contributed by atoms with van der Waals surface area (Å²) in [5.41, 5.74) is 0.850. The molecule has 0 aliphatic carbocycles. The Morgan fingerprint density at radius 3 is 2.43 bits per heavy atom. The molecule has 114 valence electrons. The number of rotatable bonds is 4. The fraction of sp³-hybridized carbons (Fsp3) is 0.353. The molecule has 0 N–H and O–H groups in total. The van der Waals surface area contributed by atoms with Crippen LogP contribution in [-0.4, -0.2) is 18.8 Å². The van der Waals surface area contributed by atoms with E-state index in [-0.39, 0.29) is 11.4 Å². The first kappa shape index (κ1) is 15.7. The van der Waals surface area contributed by atoms with Crippen LogP contribution in [0.1, 0.15) is 26.3 Å². The number of methoxy groups -OCH3 is 1. The van der Waals surface area contributed by atoms with E-state index >= 15 is 0 Å². The molecule has 0 bridgehead atoms. The number of carbonyl (C=O) groups is 1. The largest absolute Gasteiger partial charge is 0.497 e. The van der Waals surface area contributed by atoms with Crippen LogP contribution < -0.4 is 9.47 Å². The molecule has 0 amide bonds. The van der Waals surface area contributed by atoms with Crippen LogP contribution in [-0.2, 0) is 10.2 Å². The summed E-state index contributed by atoms with van der Waals surface area (Å²) in [5, 5.41) is 4.13. The summed E-state index contributed by atoms with van der Waals surface area (Å²) < 4.78 is 10.8. The standard InChI is InChI=1S/C17H22O3S/c1-17(2,3)14-11-13(19-4)7-8-15(14)20-16(18)12-21-9-5-6-10-21/h5-11,21H,12H2,1-4H3. The van der Waals surface area contributed by atoms with Crippen LogP contribution in [0.2, 0.25) is 0 Å². The van der Waals surface area contributed by atoms with Gasteiger partial charge in [-0.3, -0.25) is 4.79 Å². The van der Waals surface area contributed by atoms with Gasteiger partial charge in [0.2, 0.25) is 0 Å². The molecule has 21 heavy (non-hydrogen) atoms. The Kier molecular flexibility index (Phi) is 4.78. The number of hydrogen-bond donors (Lipinski definition) is 1. The third-order valence-electron chi connectivity index (χ3n) is 3.20. The fourth-order valence-electron chi connectivity index (χ4n) is 2.09. The Morgan fingerprint density at radius 1 is 1.19 bits per heavy atom. The molecule has 0 spiro atoms. The summed E-state index contributed by atoms with van der Waals surface area (Å²) in [6.07, 6.45) is 3.96. The van der Waals surface area contributed by atoms with E-state index in [0.717, 1.165) is 11.3 Å². The lowest BCUT2D eigenvalue weighted by molar-refractivity contribution is -0.131. The van der Waals surface area contributed by atoms with Crippen LogP contribution in [0, 0.1) is 0 Å². The fourth-order valence-corrected chi connectivity index (χ4v) is 3.40. The van der Waals surface area contributed by atoms with E-state index in [1.807, 2.05) is 30.4 Å².